The normalized spacial score (nSPS) is 26.3. The maximum absolute atomic E-state index is 12.4. The van der Waals surface area contributed by atoms with Gasteiger partial charge in [-0.1, -0.05) is 30.3 Å². The highest BCUT2D eigenvalue weighted by Gasteiger charge is 2.43. The summed E-state index contributed by atoms with van der Waals surface area (Å²) < 4.78 is 0. The van der Waals surface area contributed by atoms with Gasteiger partial charge in [-0.15, -0.1) is 0 Å². The zero-order valence-electron chi connectivity index (χ0n) is 14.5. The lowest BCUT2D eigenvalue weighted by Gasteiger charge is -2.26. The third kappa shape index (κ3) is 3.90. The number of rotatable bonds is 6. The van der Waals surface area contributed by atoms with Crippen LogP contribution < -0.4 is 5.32 Å². The van der Waals surface area contributed by atoms with Gasteiger partial charge in [0.1, 0.15) is 0 Å². The molecular weight excluding hydrogens is 302 g/mol. The number of amides is 2. The topological polar surface area (TPSA) is 55.8 Å². The number of likely N-dealkylation sites (tertiary alicyclic amines) is 1. The lowest BCUT2D eigenvalue weighted by molar-refractivity contribution is 0.173. The molecule has 24 heavy (non-hydrogen) atoms. The van der Waals surface area contributed by atoms with E-state index in [1.807, 2.05) is 6.92 Å². The van der Waals surface area contributed by atoms with E-state index in [4.69, 9.17) is 5.11 Å². The highest BCUT2D eigenvalue weighted by atomic mass is 16.3. The van der Waals surface area contributed by atoms with Crippen molar-refractivity contribution in [1.29, 1.82) is 0 Å². The van der Waals surface area contributed by atoms with Crippen LogP contribution in [0.4, 0.5) is 4.79 Å². The second-order valence-corrected chi connectivity index (χ2v) is 7.04. The van der Waals surface area contributed by atoms with Crippen LogP contribution in [0.15, 0.2) is 30.3 Å². The minimum atomic E-state index is -0.0290. The molecule has 1 saturated heterocycles. The lowest BCUT2D eigenvalue weighted by Crippen LogP contribution is -2.47. The van der Waals surface area contributed by atoms with Gasteiger partial charge >= 0.3 is 6.03 Å². The molecule has 132 valence electrons. The predicted molar refractivity (Wildman–Crippen MR) is 94.6 cm³/mol. The van der Waals surface area contributed by atoms with Gasteiger partial charge in [-0.3, -0.25) is 4.90 Å². The molecule has 1 aromatic carbocycles. The zero-order valence-corrected chi connectivity index (χ0v) is 14.5. The summed E-state index contributed by atoms with van der Waals surface area (Å²) in [5.74, 6) is 1.26. The summed E-state index contributed by atoms with van der Waals surface area (Å²) in [5.41, 5.74) is 1.36. The molecule has 0 aromatic heterocycles. The van der Waals surface area contributed by atoms with Gasteiger partial charge in [-0.25, -0.2) is 4.79 Å². The van der Waals surface area contributed by atoms with Gasteiger partial charge in [-0.05, 0) is 37.2 Å². The molecule has 1 aromatic rings. The number of urea groups is 1. The molecule has 2 aliphatic rings. The number of benzene rings is 1. The van der Waals surface area contributed by atoms with Crippen LogP contribution in [0.2, 0.25) is 0 Å². The van der Waals surface area contributed by atoms with Gasteiger partial charge in [0.15, 0.2) is 0 Å². The van der Waals surface area contributed by atoms with Crippen LogP contribution in [0.25, 0.3) is 0 Å². The quantitative estimate of drug-likeness (QED) is 0.837. The van der Waals surface area contributed by atoms with Crippen molar-refractivity contribution in [2.75, 3.05) is 32.8 Å². The van der Waals surface area contributed by atoms with Gasteiger partial charge in [0.2, 0.25) is 0 Å². The molecule has 1 aliphatic heterocycles. The summed E-state index contributed by atoms with van der Waals surface area (Å²) in [6.07, 6.45) is 2.28. The van der Waals surface area contributed by atoms with E-state index in [-0.39, 0.29) is 18.7 Å². The summed E-state index contributed by atoms with van der Waals surface area (Å²) in [4.78, 5) is 16.6. The Morgan fingerprint density at radius 2 is 2.08 bits per heavy atom. The number of nitrogens with zero attached hydrogens (tertiary/aromatic N) is 2. The van der Waals surface area contributed by atoms with Crippen LogP contribution in [0, 0.1) is 11.8 Å². The Balaban J connectivity index is 1.54. The second-order valence-electron chi connectivity index (χ2n) is 7.04. The monoisotopic (exact) mass is 331 g/mol. The third-order valence-electron chi connectivity index (χ3n) is 5.53. The first-order valence-corrected chi connectivity index (χ1v) is 9.13. The largest absolute Gasteiger partial charge is 0.395 e. The summed E-state index contributed by atoms with van der Waals surface area (Å²) >= 11 is 0. The highest BCUT2D eigenvalue weighted by molar-refractivity contribution is 5.74. The molecule has 2 N–H and O–H groups in total. The molecule has 1 aliphatic carbocycles. The van der Waals surface area contributed by atoms with E-state index in [9.17, 15) is 4.79 Å². The van der Waals surface area contributed by atoms with E-state index in [2.05, 4.69) is 40.5 Å². The lowest BCUT2D eigenvalue weighted by atomic mass is 9.98. The molecule has 1 heterocycles. The number of nitrogens with one attached hydrogen (secondary N) is 1. The predicted octanol–water partition coefficient (Wildman–Crippen LogP) is 1.92. The van der Waals surface area contributed by atoms with Crippen LogP contribution in [-0.2, 0) is 6.54 Å². The Bertz CT molecular complexity index is 537. The van der Waals surface area contributed by atoms with Crippen LogP contribution in [0.3, 0.4) is 0 Å². The number of hydrogen-bond donors (Lipinski definition) is 2. The first-order chi connectivity index (χ1) is 11.7. The minimum Gasteiger partial charge on any atom is -0.395 e. The minimum absolute atomic E-state index is 0.0167. The van der Waals surface area contributed by atoms with Crippen molar-refractivity contribution in [1.82, 2.24) is 15.1 Å². The molecule has 3 atom stereocenters. The zero-order chi connectivity index (χ0) is 16.9. The van der Waals surface area contributed by atoms with Crippen molar-refractivity contribution in [3.8, 4) is 0 Å². The number of carbonyl (C=O) groups excluding carboxylic acids is 1. The SMILES string of the molecule is CCN(CCO)C(=O)N[C@@H]1CC[C@H]2CN(Cc3ccccc3)C[C@@H]21. The Labute approximate surface area is 144 Å². The summed E-state index contributed by atoms with van der Waals surface area (Å²) in [7, 11) is 0. The number of hydrogen-bond acceptors (Lipinski definition) is 3. The van der Waals surface area contributed by atoms with Gasteiger partial charge in [-0.2, -0.15) is 0 Å². The Kier molecular flexibility index (Phi) is 5.74. The molecular formula is C19H29N3O2. The average molecular weight is 331 g/mol. The van der Waals surface area contributed by atoms with Crippen molar-refractivity contribution in [3.05, 3.63) is 35.9 Å². The third-order valence-corrected chi connectivity index (χ3v) is 5.53. The Morgan fingerprint density at radius 1 is 1.29 bits per heavy atom. The maximum atomic E-state index is 12.4. The smallest absolute Gasteiger partial charge is 0.317 e. The summed E-state index contributed by atoms with van der Waals surface area (Å²) in [5, 5.41) is 12.3. The fourth-order valence-corrected chi connectivity index (χ4v) is 4.28. The van der Waals surface area contributed by atoms with Gasteiger partial charge in [0, 0.05) is 38.8 Å². The van der Waals surface area contributed by atoms with Crippen LogP contribution in [-0.4, -0.2) is 59.8 Å². The molecule has 0 unspecified atom stereocenters. The van der Waals surface area contributed by atoms with Crippen molar-refractivity contribution < 1.29 is 9.90 Å². The molecule has 2 fully saturated rings. The Morgan fingerprint density at radius 3 is 2.79 bits per heavy atom. The van der Waals surface area contributed by atoms with E-state index in [0.717, 1.165) is 26.1 Å². The van der Waals surface area contributed by atoms with Crippen molar-refractivity contribution in [2.24, 2.45) is 11.8 Å². The van der Waals surface area contributed by atoms with E-state index >= 15 is 0 Å². The molecule has 0 bridgehead atoms. The standard InChI is InChI=1S/C19H29N3O2/c1-2-22(10-11-23)19(24)20-18-9-8-16-13-21(14-17(16)18)12-15-6-4-3-5-7-15/h3-7,16-18,23H,2,8-14H2,1H3,(H,20,24)/t16-,17-,18+/m0/s1. The molecule has 5 heteroatoms. The highest BCUT2D eigenvalue weighted by Crippen LogP contribution is 2.38. The van der Waals surface area contributed by atoms with Crippen LogP contribution in [0.1, 0.15) is 25.3 Å². The van der Waals surface area contributed by atoms with Crippen molar-refractivity contribution >= 4 is 6.03 Å². The van der Waals surface area contributed by atoms with Crippen LogP contribution in [0.5, 0.6) is 0 Å². The maximum Gasteiger partial charge on any atom is 0.317 e. The number of carbonyl (C=O) groups is 1. The van der Waals surface area contributed by atoms with E-state index in [1.54, 1.807) is 4.90 Å². The van der Waals surface area contributed by atoms with E-state index < -0.39 is 0 Å². The first kappa shape index (κ1) is 17.2. The van der Waals surface area contributed by atoms with Crippen molar-refractivity contribution in [2.45, 2.75) is 32.4 Å². The molecule has 2 amide bonds. The van der Waals surface area contributed by atoms with Crippen LogP contribution >= 0.6 is 0 Å². The number of fused-ring (bicyclic) bond motifs is 1. The molecule has 0 radical (unpaired) electrons. The van der Waals surface area contributed by atoms with Gasteiger partial charge < -0.3 is 15.3 Å². The average Bonchev–Trinajstić information content (AvgIpc) is 3.15. The first-order valence-electron chi connectivity index (χ1n) is 9.13. The fraction of sp³-hybridized carbons (Fsp3) is 0.632. The van der Waals surface area contributed by atoms with Crippen molar-refractivity contribution in [3.63, 3.8) is 0 Å². The molecule has 5 nitrogen and oxygen atoms in total. The van der Waals surface area contributed by atoms with Gasteiger partial charge in [0.25, 0.3) is 0 Å². The van der Waals surface area contributed by atoms with E-state index in [0.29, 0.717) is 24.9 Å². The van der Waals surface area contributed by atoms with E-state index in [1.165, 1.54) is 12.0 Å². The summed E-state index contributed by atoms with van der Waals surface area (Å²) in [6, 6.07) is 10.9. The second kappa shape index (κ2) is 7.99. The Hall–Kier alpha value is -1.59. The number of aliphatic hydroxyl groups excluding tert-OH is 1. The fourth-order valence-electron chi connectivity index (χ4n) is 4.28. The molecule has 3 rings (SSSR count). The van der Waals surface area contributed by atoms with Gasteiger partial charge in [0.05, 0.1) is 6.61 Å². The number of likely N-dealkylation sites (N-methyl/N-ethyl adjacent to an activating group) is 1. The molecule has 0 spiro atoms. The number of aliphatic hydroxyl groups is 1. The molecule has 1 saturated carbocycles. The summed E-state index contributed by atoms with van der Waals surface area (Å²) in [6.45, 7) is 6.21.